The third-order valence-corrected chi connectivity index (χ3v) is 9.85. The number of nitrogens with zero attached hydrogens (tertiary/aromatic N) is 6. The Kier molecular flexibility index (Phi) is 6.44. The van der Waals surface area contributed by atoms with Gasteiger partial charge in [0.05, 0.1) is 24.6 Å². The molecule has 12 heteroatoms. The Labute approximate surface area is 203 Å². The summed E-state index contributed by atoms with van der Waals surface area (Å²) in [5, 5.41) is 35.6. The van der Waals surface area contributed by atoms with E-state index in [0.717, 1.165) is 37.1 Å². The fraction of sp³-hybridized carbons (Fsp3) is 0.565. The summed E-state index contributed by atoms with van der Waals surface area (Å²) in [7, 11) is -2.08. The number of carbonyl (C=O) groups excluding carboxylic acids is 1. The number of H-pyrrole nitrogens is 1. The summed E-state index contributed by atoms with van der Waals surface area (Å²) in [5.41, 5.74) is 4.95. The molecular weight excluding hydrogens is 467 g/mol. The number of hydrogen-bond donors (Lipinski definition) is 3. The second-order valence-corrected chi connectivity index (χ2v) is 13.5. The van der Waals surface area contributed by atoms with E-state index in [1.165, 1.54) is 5.01 Å². The normalized spacial score (nSPS) is 30.5. The zero-order valence-corrected chi connectivity index (χ0v) is 20.9. The number of nitrogens with one attached hydrogen (secondary N) is 2. The molecule has 2 fully saturated rings. The second-order valence-electron chi connectivity index (χ2n) is 9.97. The predicted octanol–water partition coefficient (Wildman–Crippen LogP) is 3.49. The fourth-order valence-electron chi connectivity index (χ4n) is 5.40. The molecule has 1 aromatic carbocycles. The van der Waals surface area contributed by atoms with Gasteiger partial charge in [-0.15, -0.1) is 5.10 Å². The van der Waals surface area contributed by atoms with E-state index in [1.54, 1.807) is 13.0 Å². The van der Waals surface area contributed by atoms with Crippen molar-refractivity contribution in [2.45, 2.75) is 63.3 Å². The largest absolute Gasteiger partial charge is 0.505 e. The molecule has 5 rings (SSSR count). The Morgan fingerprint density at radius 2 is 1.97 bits per heavy atom. The number of para-hydroxylation sites is 1. The van der Waals surface area contributed by atoms with Gasteiger partial charge >= 0.3 is 0 Å². The van der Waals surface area contributed by atoms with Crippen LogP contribution in [0.15, 0.2) is 28.4 Å². The van der Waals surface area contributed by atoms with Crippen LogP contribution in [0.4, 0.5) is 5.69 Å². The summed E-state index contributed by atoms with van der Waals surface area (Å²) >= 11 is 0. The number of carbonyl (C=O) groups is 1. The zero-order chi connectivity index (χ0) is 24.6. The molecule has 0 spiro atoms. The predicted molar refractivity (Wildman–Crippen MR) is 134 cm³/mol. The van der Waals surface area contributed by atoms with Gasteiger partial charge in [-0.1, -0.05) is 18.6 Å². The summed E-state index contributed by atoms with van der Waals surface area (Å²) < 4.78 is 12.3. The number of tetrazole rings is 1. The van der Waals surface area contributed by atoms with Crippen molar-refractivity contribution in [3.05, 3.63) is 29.6 Å². The number of hydrazone groups is 2. The zero-order valence-electron chi connectivity index (χ0n) is 20.0. The van der Waals surface area contributed by atoms with E-state index in [0.29, 0.717) is 36.6 Å². The minimum Gasteiger partial charge on any atom is -0.505 e. The highest BCUT2D eigenvalue weighted by atomic mass is 31.2. The summed E-state index contributed by atoms with van der Waals surface area (Å²) in [5.74, 6) is 1.05. The van der Waals surface area contributed by atoms with Crippen molar-refractivity contribution in [3.8, 4) is 5.75 Å². The Bertz CT molecular complexity index is 1200. The number of anilines is 1. The van der Waals surface area contributed by atoms with Crippen molar-refractivity contribution in [2.24, 2.45) is 10.2 Å². The smallest absolute Gasteiger partial charge is 0.296 e. The first-order valence-corrected chi connectivity index (χ1v) is 14.7. The van der Waals surface area contributed by atoms with E-state index in [9.17, 15) is 14.5 Å². The van der Waals surface area contributed by atoms with E-state index >= 15 is 0 Å². The lowest BCUT2D eigenvalue weighted by Crippen LogP contribution is -2.39. The van der Waals surface area contributed by atoms with Crippen LogP contribution >= 0.6 is 7.14 Å². The molecule has 2 aromatic rings. The third kappa shape index (κ3) is 4.87. The van der Waals surface area contributed by atoms with Crippen molar-refractivity contribution in [1.82, 2.24) is 25.6 Å². The summed E-state index contributed by atoms with van der Waals surface area (Å²) in [6.07, 6.45) is 6.48. The highest BCUT2D eigenvalue weighted by Gasteiger charge is 2.38. The Morgan fingerprint density at radius 1 is 1.20 bits per heavy atom. The lowest BCUT2D eigenvalue weighted by molar-refractivity contribution is -0.125. The highest BCUT2D eigenvalue weighted by molar-refractivity contribution is 7.63. The molecule has 1 aliphatic carbocycles. The molecule has 186 valence electrons. The Hall–Kier alpha value is -3.07. The molecule has 1 saturated heterocycles. The van der Waals surface area contributed by atoms with Crippen molar-refractivity contribution in [3.63, 3.8) is 0 Å². The molecule has 1 aromatic heterocycles. The molecule has 2 atom stereocenters. The van der Waals surface area contributed by atoms with Gasteiger partial charge in [-0.25, -0.2) is 10.1 Å². The summed E-state index contributed by atoms with van der Waals surface area (Å²) in [6.45, 7) is 3.59. The molecule has 3 N–H and O–H groups in total. The first-order valence-electron chi connectivity index (χ1n) is 12.2. The lowest BCUT2D eigenvalue weighted by atomic mass is 9.77. The molecule has 1 saturated carbocycles. The van der Waals surface area contributed by atoms with Gasteiger partial charge in [-0.3, -0.25) is 10.2 Å². The standard InChI is InChI=1S/C23H31N8O3P/c1-14-20(23(33)31(28-14)17-9-11-35(2,34)12-10-17)25-24-19-8-4-7-18(21(19)32)15-5-3-6-16(13-15)22-26-29-30-27-22/h4,7-8,15-17,24,32H,3,5-6,9-13H2,1-2H3,(H,26,27,29,30). The number of amides is 1. The minimum absolute atomic E-state index is 0.0530. The summed E-state index contributed by atoms with van der Waals surface area (Å²) in [6, 6.07) is 5.51. The van der Waals surface area contributed by atoms with E-state index in [1.807, 2.05) is 18.8 Å². The first kappa shape index (κ1) is 23.7. The Balaban J connectivity index is 1.29. The van der Waals surface area contributed by atoms with Gasteiger partial charge in [-0.2, -0.15) is 10.2 Å². The fourth-order valence-corrected chi connectivity index (χ4v) is 7.31. The Morgan fingerprint density at radius 3 is 2.71 bits per heavy atom. The van der Waals surface area contributed by atoms with Crippen LogP contribution in [0.25, 0.3) is 0 Å². The van der Waals surface area contributed by atoms with Gasteiger partial charge in [0.15, 0.2) is 11.5 Å². The number of aromatic hydroxyl groups is 1. The average Bonchev–Trinajstić information content (AvgIpc) is 3.48. The maximum Gasteiger partial charge on any atom is 0.296 e. The number of phenols is 1. The highest BCUT2D eigenvalue weighted by Crippen LogP contribution is 2.47. The molecule has 1 amide bonds. The maximum absolute atomic E-state index is 13.0. The number of hydrogen-bond acceptors (Lipinski definition) is 9. The van der Waals surface area contributed by atoms with Gasteiger partial charge in [0.2, 0.25) is 0 Å². The molecule has 3 aliphatic rings. The van der Waals surface area contributed by atoms with Crippen LogP contribution in [0.1, 0.15) is 68.7 Å². The van der Waals surface area contributed by atoms with Crippen LogP contribution in [-0.4, -0.2) is 73.1 Å². The molecule has 35 heavy (non-hydrogen) atoms. The van der Waals surface area contributed by atoms with Gasteiger partial charge in [-0.05, 0) is 73.7 Å². The number of benzene rings is 1. The number of rotatable bonds is 5. The third-order valence-electron chi connectivity index (χ3n) is 7.45. The number of phenolic OH excluding ortho intramolecular Hbond substituents is 1. The molecule has 0 bridgehead atoms. The topological polar surface area (TPSA) is 149 Å². The van der Waals surface area contributed by atoms with Crippen molar-refractivity contribution in [1.29, 1.82) is 0 Å². The molecule has 0 radical (unpaired) electrons. The van der Waals surface area contributed by atoms with E-state index in [-0.39, 0.29) is 35.2 Å². The average molecular weight is 499 g/mol. The maximum atomic E-state index is 13.0. The van der Waals surface area contributed by atoms with Gasteiger partial charge in [0.1, 0.15) is 5.75 Å². The second kappa shape index (κ2) is 9.53. The van der Waals surface area contributed by atoms with Gasteiger partial charge < -0.3 is 9.67 Å². The monoisotopic (exact) mass is 498 g/mol. The van der Waals surface area contributed by atoms with E-state index in [2.05, 4.69) is 36.3 Å². The van der Waals surface area contributed by atoms with Crippen LogP contribution < -0.4 is 5.43 Å². The number of aromatic amines is 1. The number of aromatic nitrogens is 4. The van der Waals surface area contributed by atoms with Gasteiger partial charge in [0, 0.05) is 18.2 Å². The quantitative estimate of drug-likeness (QED) is 0.325. The molecule has 3 heterocycles. The van der Waals surface area contributed by atoms with E-state index in [4.69, 9.17) is 0 Å². The van der Waals surface area contributed by atoms with Crippen molar-refractivity contribution >= 4 is 30.2 Å². The van der Waals surface area contributed by atoms with Crippen LogP contribution in [0.2, 0.25) is 0 Å². The van der Waals surface area contributed by atoms with Crippen LogP contribution in [-0.2, 0) is 9.36 Å². The molecule has 11 nitrogen and oxygen atoms in total. The minimum atomic E-state index is -2.08. The summed E-state index contributed by atoms with van der Waals surface area (Å²) in [4.78, 5) is 13.0. The van der Waals surface area contributed by atoms with Crippen LogP contribution in [0.3, 0.4) is 0 Å². The van der Waals surface area contributed by atoms with Gasteiger partial charge in [0.25, 0.3) is 5.91 Å². The SMILES string of the molecule is CC1=NN(C2CCP(C)(=O)CC2)C(=O)C1=NNc1cccc(C2CCCC(c3nnn[nH]3)C2)c1O. The molecular formula is C23H31N8O3P. The molecule has 2 unspecified atom stereocenters. The van der Waals surface area contributed by atoms with Crippen molar-refractivity contribution < 1.29 is 14.5 Å². The van der Waals surface area contributed by atoms with Crippen LogP contribution in [0.5, 0.6) is 5.75 Å². The van der Waals surface area contributed by atoms with E-state index < -0.39 is 7.14 Å². The van der Waals surface area contributed by atoms with Crippen LogP contribution in [0, 0.1) is 0 Å². The van der Waals surface area contributed by atoms with Crippen molar-refractivity contribution in [2.75, 3.05) is 24.4 Å². The first-order chi connectivity index (χ1) is 16.8. The molecule has 2 aliphatic heterocycles. The lowest BCUT2D eigenvalue weighted by Gasteiger charge is -2.30.